The summed E-state index contributed by atoms with van der Waals surface area (Å²) in [4.78, 5) is 0. The summed E-state index contributed by atoms with van der Waals surface area (Å²) >= 11 is 0. The fourth-order valence-electron chi connectivity index (χ4n) is 7.51. The summed E-state index contributed by atoms with van der Waals surface area (Å²) in [5.41, 5.74) is -8.29. The van der Waals surface area contributed by atoms with E-state index in [0.717, 1.165) is 0 Å². The quantitative estimate of drug-likeness (QED) is 0.168. The second kappa shape index (κ2) is 11.6. The number of para-hydroxylation sites is 4. The third-order valence-electron chi connectivity index (χ3n) is 9.53. The van der Waals surface area contributed by atoms with Crippen molar-refractivity contribution in [2.24, 2.45) is 0 Å². The smallest absolute Gasteiger partial charge is 0.230 e. The van der Waals surface area contributed by atoms with Crippen molar-refractivity contribution < 1.29 is 43.2 Å². The van der Waals surface area contributed by atoms with E-state index in [1.165, 1.54) is 48.5 Å². The largest absolute Gasteiger partial charge is 0.517 e. The molecule has 14 heteroatoms. The topological polar surface area (TPSA) is 74.8 Å². The van der Waals surface area contributed by atoms with Gasteiger partial charge in [-0.15, -0.1) is 0 Å². The van der Waals surface area contributed by atoms with Crippen LogP contribution in [0.4, 0.5) is 49.1 Å². The predicted molar refractivity (Wildman–Crippen MR) is 185 cm³/mol. The van der Waals surface area contributed by atoms with Crippen LogP contribution in [-0.4, -0.2) is 27.9 Å². The van der Waals surface area contributed by atoms with Gasteiger partial charge in [0.25, 0.3) is 0 Å². The Hall–Kier alpha value is -5.34. The molecule has 0 radical (unpaired) electrons. The molecule has 0 spiro atoms. The molecule has 52 heavy (non-hydrogen) atoms. The van der Waals surface area contributed by atoms with Crippen LogP contribution in [0, 0.1) is 0 Å². The fourth-order valence-corrected chi connectivity index (χ4v) is 9.62. The molecular formula is C38H24F6N2O4S2. The summed E-state index contributed by atoms with van der Waals surface area (Å²) in [6, 6.07) is 34.6. The molecule has 8 rings (SSSR count). The van der Waals surface area contributed by atoms with E-state index in [1.807, 2.05) is 18.2 Å². The molecule has 0 saturated carbocycles. The number of alkyl halides is 6. The molecule has 0 saturated heterocycles. The van der Waals surface area contributed by atoms with E-state index in [-0.39, 0.29) is 45.0 Å². The van der Waals surface area contributed by atoms with Gasteiger partial charge >= 0.3 is 31.1 Å². The second-order valence-electron chi connectivity index (χ2n) is 12.3. The molecule has 4 aromatic carbocycles. The lowest BCUT2D eigenvalue weighted by molar-refractivity contribution is -0.0441. The molecule has 0 fully saturated rings. The molecular weight excluding hydrogens is 727 g/mol. The highest BCUT2D eigenvalue weighted by Gasteiger charge is 2.55. The van der Waals surface area contributed by atoms with Crippen molar-refractivity contribution in [2.75, 3.05) is 8.61 Å². The van der Waals surface area contributed by atoms with Crippen molar-refractivity contribution >= 4 is 42.8 Å². The number of hydrogen-bond donors (Lipinski definition) is 0. The average molecular weight is 751 g/mol. The van der Waals surface area contributed by atoms with Crippen LogP contribution in [0.1, 0.15) is 45.2 Å². The summed E-state index contributed by atoms with van der Waals surface area (Å²) in [5.74, 6) is -1.58. The minimum atomic E-state index is -5.89. The van der Waals surface area contributed by atoms with Crippen molar-refractivity contribution in [2.45, 2.75) is 22.9 Å². The number of nitrogens with zero attached hydrogens (tertiary/aromatic N) is 2. The summed E-state index contributed by atoms with van der Waals surface area (Å²) < 4.78 is 138. The van der Waals surface area contributed by atoms with Gasteiger partial charge in [-0.25, -0.2) is 8.61 Å². The molecule has 0 amide bonds. The zero-order valence-electron chi connectivity index (χ0n) is 26.5. The van der Waals surface area contributed by atoms with Gasteiger partial charge in [-0.05, 0) is 68.8 Å². The van der Waals surface area contributed by atoms with Crippen LogP contribution < -0.4 is 8.61 Å². The van der Waals surface area contributed by atoms with Crippen molar-refractivity contribution in [1.82, 2.24) is 0 Å². The molecule has 0 bridgehead atoms. The van der Waals surface area contributed by atoms with Crippen molar-refractivity contribution in [3.8, 4) is 11.1 Å². The number of rotatable bonds is 4. The van der Waals surface area contributed by atoms with Gasteiger partial charge in [0.2, 0.25) is 0 Å². The highest BCUT2D eigenvalue weighted by atomic mass is 32.2. The van der Waals surface area contributed by atoms with E-state index in [4.69, 9.17) is 0 Å². The number of fused-ring (bicyclic) bond motifs is 5. The Balaban J connectivity index is 1.41. The SMILES string of the molecule is O=S(=O)(N1c2ccccc2C(c2cc(C3c4ccccc4N(S(=O)(=O)C(F)(F)F)c4ccccc43)c3cccccc2-3)c2ccccc21)C(F)(F)F. The molecule has 6 nitrogen and oxygen atoms in total. The Labute approximate surface area is 294 Å². The highest BCUT2D eigenvalue weighted by molar-refractivity contribution is 7.94. The highest BCUT2D eigenvalue weighted by Crippen LogP contribution is 2.57. The lowest BCUT2D eigenvalue weighted by Gasteiger charge is -2.37. The summed E-state index contributed by atoms with van der Waals surface area (Å²) in [6.07, 6.45) is 0. The second-order valence-corrected chi connectivity index (χ2v) is 15.9. The average Bonchev–Trinajstić information content (AvgIpc) is 3.26. The minimum absolute atomic E-state index is 0.180. The first-order valence-corrected chi connectivity index (χ1v) is 18.6. The zero-order valence-corrected chi connectivity index (χ0v) is 28.1. The molecule has 0 unspecified atom stereocenters. The molecule has 0 atom stereocenters. The maximum Gasteiger partial charge on any atom is 0.517 e. The molecule has 4 aromatic rings. The van der Waals surface area contributed by atoms with Crippen molar-refractivity contribution in [3.05, 3.63) is 167 Å². The Bertz CT molecular complexity index is 2320. The first-order chi connectivity index (χ1) is 24.6. The molecule has 2 heterocycles. The van der Waals surface area contributed by atoms with Crippen molar-refractivity contribution in [1.29, 1.82) is 0 Å². The van der Waals surface area contributed by atoms with Gasteiger partial charge in [0, 0.05) is 11.8 Å². The monoisotopic (exact) mass is 750 g/mol. The Morgan fingerprint density at radius 3 is 0.942 bits per heavy atom. The zero-order chi connectivity index (χ0) is 36.8. The van der Waals surface area contributed by atoms with E-state index in [0.29, 0.717) is 30.9 Å². The number of sulfonamides is 2. The first kappa shape index (κ1) is 33.8. The summed E-state index contributed by atoms with van der Waals surface area (Å²) in [7, 11) is -11.8. The van der Waals surface area contributed by atoms with E-state index in [1.54, 1.807) is 66.7 Å². The standard InChI is InChI=1S/C38H24F6N2O4S2/c39-37(40,41)51(47,48)45-31-18-8-4-14-25(31)35(26-15-5-9-19-32(26)45)29-22-30(24-13-3-1-2-12-23(24)29)36-27-16-6-10-20-33(27)46(52(49,50)38(42,43)44)34-21-11-7-17-28(34)36/h1-22,35-36H. The van der Waals surface area contributed by atoms with Crippen molar-refractivity contribution in [3.63, 3.8) is 0 Å². The van der Waals surface area contributed by atoms with Crippen LogP contribution in [0.5, 0.6) is 0 Å². The third kappa shape index (κ3) is 4.84. The normalized spacial score (nSPS) is 15.2. The molecule has 264 valence electrons. The van der Waals surface area contributed by atoms with E-state index >= 15 is 0 Å². The number of anilines is 4. The van der Waals surface area contributed by atoms with Crippen LogP contribution in [0.3, 0.4) is 0 Å². The molecule has 0 N–H and O–H groups in total. The van der Waals surface area contributed by atoms with E-state index in [9.17, 15) is 43.2 Å². The lowest BCUT2D eigenvalue weighted by Crippen LogP contribution is -2.40. The summed E-state index contributed by atoms with van der Waals surface area (Å²) in [5, 5.41) is 0. The van der Waals surface area contributed by atoms with Gasteiger partial charge in [0.05, 0.1) is 22.7 Å². The Kier molecular flexibility index (Phi) is 7.53. The van der Waals surface area contributed by atoms with Gasteiger partial charge in [0.15, 0.2) is 0 Å². The summed E-state index contributed by atoms with van der Waals surface area (Å²) in [6.45, 7) is 0. The molecule has 4 aliphatic rings. The minimum Gasteiger partial charge on any atom is -0.230 e. The van der Waals surface area contributed by atoms with Gasteiger partial charge in [-0.2, -0.15) is 43.2 Å². The predicted octanol–water partition coefficient (Wildman–Crippen LogP) is 9.75. The fraction of sp³-hybridized carbons (Fsp3) is 0.105. The third-order valence-corrected chi connectivity index (χ3v) is 12.4. The molecule has 0 aromatic heterocycles. The lowest BCUT2D eigenvalue weighted by atomic mass is 9.80. The van der Waals surface area contributed by atoms with Crippen LogP contribution in [0.2, 0.25) is 0 Å². The van der Waals surface area contributed by atoms with E-state index in [2.05, 4.69) is 0 Å². The number of halogens is 6. The van der Waals surface area contributed by atoms with Gasteiger partial charge in [0.1, 0.15) is 0 Å². The van der Waals surface area contributed by atoms with Crippen LogP contribution in [0.25, 0.3) is 11.1 Å². The van der Waals surface area contributed by atoms with E-state index < -0.39 is 42.9 Å². The number of hydrogen-bond acceptors (Lipinski definition) is 4. The number of benzene rings is 4. The maximum atomic E-state index is 14.2. The van der Waals surface area contributed by atoms with Gasteiger partial charge in [-0.3, -0.25) is 0 Å². The van der Waals surface area contributed by atoms with Crippen LogP contribution in [-0.2, 0) is 20.0 Å². The first-order valence-electron chi connectivity index (χ1n) is 15.7. The molecule has 2 aliphatic carbocycles. The van der Waals surface area contributed by atoms with Crippen LogP contribution in [0.15, 0.2) is 133 Å². The molecule has 2 aliphatic heterocycles. The maximum absolute atomic E-state index is 14.2. The van der Waals surface area contributed by atoms with Gasteiger partial charge in [-0.1, -0.05) is 109 Å². The van der Waals surface area contributed by atoms with Gasteiger partial charge < -0.3 is 0 Å². The Morgan fingerprint density at radius 2 is 0.654 bits per heavy atom. The Morgan fingerprint density at radius 1 is 0.385 bits per heavy atom. The van der Waals surface area contributed by atoms with Crippen LogP contribution >= 0.6 is 0 Å².